The molecule has 0 bridgehead atoms. The van der Waals surface area contributed by atoms with Gasteiger partial charge in [-0.25, -0.2) is 4.39 Å². The molecule has 0 heterocycles. The summed E-state index contributed by atoms with van der Waals surface area (Å²) in [7, 11) is 0. The summed E-state index contributed by atoms with van der Waals surface area (Å²) in [5.41, 5.74) is 5.62. The van der Waals surface area contributed by atoms with Crippen LogP contribution in [0.15, 0.2) is 84.9 Å². The van der Waals surface area contributed by atoms with Crippen LogP contribution in [-0.2, 0) is 6.42 Å². The highest BCUT2D eigenvalue weighted by atomic mass is 19.1. The number of rotatable bonds is 9. The molecule has 1 aliphatic rings. The van der Waals surface area contributed by atoms with E-state index in [-0.39, 0.29) is 5.82 Å². The summed E-state index contributed by atoms with van der Waals surface area (Å²) < 4.78 is 14.9. The van der Waals surface area contributed by atoms with Crippen LogP contribution in [0.25, 0.3) is 12.2 Å². The Morgan fingerprint density at radius 2 is 1.63 bits per heavy atom. The van der Waals surface area contributed by atoms with E-state index in [1.807, 2.05) is 18.2 Å². The van der Waals surface area contributed by atoms with Crippen molar-refractivity contribution in [2.75, 3.05) is 0 Å². The van der Waals surface area contributed by atoms with Crippen LogP contribution in [0, 0.1) is 11.7 Å². The molecule has 0 aliphatic heterocycles. The molecule has 1 saturated carbocycles. The normalized spacial score (nSPS) is 19.4. The van der Waals surface area contributed by atoms with Gasteiger partial charge in [0.1, 0.15) is 5.82 Å². The van der Waals surface area contributed by atoms with Gasteiger partial charge in [0.15, 0.2) is 0 Å². The third-order valence-electron chi connectivity index (χ3n) is 7.67. The molecule has 1 atom stereocenters. The van der Waals surface area contributed by atoms with Crippen molar-refractivity contribution in [1.29, 1.82) is 0 Å². The predicted octanol–water partition coefficient (Wildman–Crippen LogP) is 9.97. The van der Waals surface area contributed by atoms with Gasteiger partial charge in [0.25, 0.3) is 0 Å². The lowest BCUT2D eigenvalue weighted by Gasteiger charge is -2.28. The Bertz CT molecular complexity index is 1100. The molecule has 0 aromatic heterocycles. The largest absolute Gasteiger partial charge is 0.206 e. The number of allylic oxidation sites excluding steroid dienone is 2. The zero-order valence-electron chi connectivity index (χ0n) is 21.3. The Hall–Kier alpha value is -2.93. The maximum atomic E-state index is 14.9. The number of hydrogen-bond acceptors (Lipinski definition) is 0. The number of benzene rings is 3. The first-order chi connectivity index (χ1) is 17.1. The average Bonchev–Trinajstić information content (AvgIpc) is 2.90. The molecule has 4 rings (SSSR count). The van der Waals surface area contributed by atoms with Crippen LogP contribution < -0.4 is 0 Å². The quantitative estimate of drug-likeness (QED) is 0.217. The Balaban J connectivity index is 1.31. The van der Waals surface area contributed by atoms with Crippen molar-refractivity contribution in [3.8, 4) is 0 Å². The third kappa shape index (κ3) is 7.28. The smallest absolute Gasteiger partial charge is 0.130 e. The molecule has 3 aromatic carbocycles. The molecule has 1 heteroatoms. The van der Waals surface area contributed by atoms with Crippen molar-refractivity contribution in [2.45, 2.75) is 70.6 Å². The van der Waals surface area contributed by atoms with Crippen molar-refractivity contribution in [3.63, 3.8) is 0 Å². The van der Waals surface area contributed by atoms with Crippen molar-refractivity contribution < 1.29 is 4.39 Å². The molecular formula is C34H39F. The van der Waals surface area contributed by atoms with Crippen molar-refractivity contribution in [1.82, 2.24) is 0 Å². The van der Waals surface area contributed by atoms with Crippen molar-refractivity contribution >= 4 is 12.2 Å². The molecule has 182 valence electrons. The van der Waals surface area contributed by atoms with Crippen LogP contribution in [0.1, 0.15) is 92.0 Å². The fraction of sp³-hybridized carbons (Fsp3) is 0.353. The Labute approximate surface area is 211 Å². The van der Waals surface area contributed by atoms with Crippen LogP contribution in [0.5, 0.6) is 0 Å². The molecule has 35 heavy (non-hydrogen) atoms. The lowest BCUT2D eigenvalue weighted by molar-refractivity contribution is 0.311. The molecule has 0 N–H and O–H groups in total. The predicted molar refractivity (Wildman–Crippen MR) is 149 cm³/mol. The summed E-state index contributed by atoms with van der Waals surface area (Å²) >= 11 is 0. The van der Waals surface area contributed by atoms with E-state index in [9.17, 15) is 4.39 Å². The van der Waals surface area contributed by atoms with Gasteiger partial charge in [-0.3, -0.25) is 0 Å². The van der Waals surface area contributed by atoms with Crippen LogP contribution >= 0.6 is 0 Å². The van der Waals surface area contributed by atoms with E-state index in [2.05, 4.69) is 86.7 Å². The highest BCUT2D eigenvalue weighted by molar-refractivity contribution is 5.70. The van der Waals surface area contributed by atoms with Gasteiger partial charge >= 0.3 is 0 Å². The lowest BCUT2D eigenvalue weighted by atomic mass is 9.77. The molecule has 0 radical (unpaired) electrons. The first-order valence-electron chi connectivity index (χ1n) is 13.3. The fourth-order valence-electron chi connectivity index (χ4n) is 5.42. The van der Waals surface area contributed by atoms with E-state index in [0.717, 1.165) is 17.9 Å². The Morgan fingerprint density at radius 3 is 2.31 bits per heavy atom. The molecule has 0 amide bonds. The topological polar surface area (TPSA) is 0 Å². The summed E-state index contributed by atoms with van der Waals surface area (Å²) in [6.07, 6.45) is 16.7. The average molecular weight is 467 g/mol. The fourth-order valence-corrected chi connectivity index (χ4v) is 5.42. The maximum absolute atomic E-state index is 14.9. The first-order valence-corrected chi connectivity index (χ1v) is 13.3. The minimum absolute atomic E-state index is 0.109. The second-order valence-electron chi connectivity index (χ2n) is 10.2. The van der Waals surface area contributed by atoms with Crippen LogP contribution in [0.4, 0.5) is 4.39 Å². The highest BCUT2D eigenvalue weighted by Gasteiger charge is 2.22. The van der Waals surface area contributed by atoms with E-state index in [1.54, 1.807) is 6.07 Å². The van der Waals surface area contributed by atoms with E-state index in [4.69, 9.17) is 0 Å². The molecule has 0 nitrogen and oxygen atoms in total. The summed E-state index contributed by atoms with van der Waals surface area (Å²) in [5, 5.41) is 0. The zero-order chi connectivity index (χ0) is 24.5. The van der Waals surface area contributed by atoms with Gasteiger partial charge in [-0.1, -0.05) is 98.0 Å². The second-order valence-corrected chi connectivity index (χ2v) is 10.2. The SMILES string of the molecule is CC=CCCC1CCC(c2ccc(C=Cc3ccc(C[C@H](C)c4ccccc4)cc3)c(F)c2)CC1. The highest BCUT2D eigenvalue weighted by Crippen LogP contribution is 2.38. The summed E-state index contributed by atoms with van der Waals surface area (Å²) in [5.74, 6) is 1.72. The van der Waals surface area contributed by atoms with Gasteiger partial charge in [0.2, 0.25) is 0 Å². The van der Waals surface area contributed by atoms with E-state index in [1.165, 1.54) is 55.2 Å². The molecule has 1 fully saturated rings. The van der Waals surface area contributed by atoms with Crippen molar-refractivity contribution in [3.05, 3.63) is 119 Å². The summed E-state index contributed by atoms with van der Waals surface area (Å²) in [6.45, 7) is 4.36. The zero-order valence-corrected chi connectivity index (χ0v) is 21.3. The second kappa shape index (κ2) is 12.7. The van der Waals surface area contributed by atoms with E-state index < -0.39 is 0 Å². The molecule has 1 aliphatic carbocycles. The summed E-state index contributed by atoms with van der Waals surface area (Å²) in [4.78, 5) is 0. The van der Waals surface area contributed by atoms with Crippen LogP contribution in [-0.4, -0.2) is 0 Å². The van der Waals surface area contributed by atoms with E-state index in [0.29, 0.717) is 17.4 Å². The van der Waals surface area contributed by atoms with Gasteiger partial charge < -0.3 is 0 Å². The lowest BCUT2D eigenvalue weighted by Crippen LogP contribution is -2.13. The van der Waals surface area contributed by atoms with Gasteiger partial charge in [-0.15, -0.1) is 0 Å². The molecular weight excluding hydrogens is 427 g/mol. The monoisotopic (exact) mass is 466 g/mol. The van der Waals surface area contributed by atoms with Gasteiger partial charge in [-0.05, 0) is 97.9 Å². The Morgan fingerprint density at radius 1 is 0.886 bits per heavy atom. The maximum Gasteiger partial charge on any atom is 0.130 e. The van der Waals surface area contributed by atoms with Crippen LogP contribution in [0.3, 0.4) is 0 Å². The molecule has 0 unspecified atom stereocenters. The summed E-state index contributed by atoms with van der Waals surface area (Å²) in [6, 6.07) is 25.2. The van der Waals surface area contributed by atoms with Gasteiger partial charge in [0, 0.05) is 5.56 Å². The molecule has 3 aromatic rings. The first kappa shape index (κ1) is 25.2. The molecule has 0 saturated heterocycles. The molecule has 0 spiro atoms. The van der Waals surface area contributed by atoms with E-state index >= 15 is 0 Å². The standard InChI is InChI=1S/C34H39F/c1-3-4-6-9-27-16-19-31(20-17-27)33-23-22-32(34(35)25-33)21-18-28-12-14-29(15-13-28)24-26(2)30-10-7-5-8-11-30/h3-5,7-8,10-15,18,21-23,25-27,31H,6,9,16-17,19-20,24H2,1-2H3/t26-,27?,31?/m0/s1. The van der Waals surface area contributed by atoms with Gasteiger partial charge in [-0.2, -0.15) is 0 Å². The van der Waals surface area contributed by atoms with Gasteiger partial charge in [0.05, 0.1) is 0 Å². The minimum atomic E-state index is -0.109. The number of hydrogen-bond donors (Lipinski definition) is 0. The van der Waals surface area contributed by atoms with Crippen molar-refractivity contribution in [2.24, 2.45) is 5.92 Å². The van der Waals surface area contributed by atoms with Crippen LogP contribution in [0.2, 0.25) is 0 Å². The minimum Gasteiger partial charge on any atom is -0.206 e. The number of halogens is 1. The Kier molecular flexibility index (Phi) is 9.12. The third-order valence-corrected chi connectivity index (χ3v) is 7.67.